The smallest absolute Gasteiger partial charge is 0.223 e. The van der Waals surface area contributed by atoms with Crippen LogP contribution in [0.2, 0.25) is 0 Å². The van der Waals surface area contributed by atoms with Gasteiger partial charge in [-0.05, 0) is 38.3 Å². The van der Waals surface area contributed by atoms with Gasteiger partial charge in [0.25, 0.3) is 0 Å². The highest BCUT2D eigenvalue weighted by atomic mass is 16.5. The molecule has 4 nitrogen and oxygen atoms in total. The van der Waals surface area contributed by atoms with Crippen molar-refractivity contribution in [1.29, 1.82) is 0 Å². The standard InChI is InChI=1S/C17H25NO3/c1-11-8-15(11)16-6-4-14(21-16)5-7-17(19)18-9-12(2)20-13(3)10-18/h4,6,11-13,15H,5,7-10H2,1-3H3/t11-,12-,13+,15-/m1/s1. The maximum absolute atomic E-state index is 12.3. The van der Waals surface area contributed by atoms with E-state index >= 15 is 0 Å². The van der Waals surface area contributed by atoms with Crippen LogP contribution in [-0.2, 0) is 16.0 Å². The molecule has 0 radical (unpaired) electrons. The number of carbonyl (C=O) groups excluding carboxylic acids is 1. The molecule has 1 saturated carbocycles. The Hall–Kier alpha value is -1.29. The van der Waals surface area contributed by atoms with Crippen molar-refractivity contribution in [2.45, 2.75) is 58.2 Å². The monoisotopic (exact) mass is 291 g/mol. The Morgan fingerprint density at radius 2 is 1.90 bits per heavy atom. The molecule has 116 valence electrons. The second-order valence-electron chi connectivity index (χ2n) is 6.68. The van der Waals surface area contributed by atoms with E-state index < -0.39 is 0 Å². The summed E-state index contributed by atoms with van der Waals surface area (Å²) in [5.74, 6) is 3.59. The van der Waals surface area contributed by atoms with Gasteiger partial charge < -0.3 is 14.1 Å². The molecule has 1 aliphatic heterocycles. The average Bonchev–Trinajstić information content (AvgIpc) is 2.98. The first-order chi connectivity index (χ1) is 10.0. The normalized spacial score (nSPS) is 32.2. The summed E-state index contributed by atoms with van der Waals surface area (Å²) in [5, 5.41) is 0. The molecule has 4 atom stereocenters. The lowest BCUT2D eigenvalue weighted by Gasteiger charge is -2.35. The summed E-state index contributed by atoms with van der Waals surface area (Å²) in [6.45, 7) is 7.69. The van der Waals surface area contributed by atoms with Gasteiger partial charge in [0, 0.05) is 31.8 Å². The van der Waals surface area contributed by atoms with Crippen molar-refractivity contribution in [3.63, 3.8) is 0 Å². The van der Waals surface area contributed by atoms with Gasteiger partial charge in [0.15, 0.2) is 0 Å². The van der Waals surface area contributed by atoms with E-state index in [1.165, 1.54) is 6.42 Å². The van der Waals surface area contributed by atoms with E-state index in [1.807, 2.05) is 24.8 Å². The lowest BCUT2D eigenvalue weighted by atomic mass is 10.2. The maximum atomic E-state index is 12.3. The van der Waals surface area contributed by atoms with Crippen molar-refractivity contribution in [3.05, 3.63) is 23.7 Å². The SMILES string of the molecule is C[C@@H]1CN(C(=O)CCc2ccc([C@@H]3C[C@H]3C)o2)C[C@H](C)O1. The number of amides is 1. The van der Waals surface area contributed by atoms with Gasteiger partial charge in [-0.1, -0.05) is 6.92 Å². The summed E-state index contributed by atoms with van der Waals surface area (Å²) in [5.41, 5.74) is 0. The predicted molar refractivity (Wildman–Crippen MR) is 80.1 cm³/mol. The van der Waals surface area contributed by atoms with E-state index in [1.54, 1.807) is 0 Å². The molecule has 2 heterocycles. The molecule has 1 aromatic heterocycles. The maximum Gasteiger partial charge on any atom is 0.223 e. The summed E-state index contributed by atoms with van der Waals surface area (Å²) in [6.07, 6.45) is 2.70. The molecule has 1 amide bonds. The number of rotatable bonds is 4. The molecule has 1 aliphatic carbocycles. The largest absolute Gasteiger partial charge is 0.466 e. The minimum Gasteiger partial charge on any atom is -0.466 e. The molecular formula is C17H25NO3. The zero-order valence-corrected chi connectivity index (χ0v) is 13.2. The predicted octanol–water partition coefficient (Wildman–Crippen LogP) is 2.97. The quantitative estimate of drug-likeness (QED) is 0.856. The van der Waals surface area contributed by atoms with Crippen LogP contribution in [0.15, 0.2) is 16.5 Å². The molecule has 2 aliphatic rings. The van der Waals surface area contributed by atoms with Crippen LogP contribution < -0.4 is 0 Å². The minimum absolute atomic E-state index is 0.129. The first kappa shape index (κ1) is 14.6. The fraction of sp³-hybridized carbons (Fsp3) is 0.706. The summed E-state index contributed by atoms with van der Waals surface area (Å²) >= 11 is 0. The van der Waals surface area contributed by atoms with Crippen molar-refractivity contribution in [2.75, 3.05) is 13.1 Å². The van der Waals surface area contributed by atoms with E-state index in [9.17, 15) is 4.79 Å². The highest BCUT2D eigenvalue weighted by molar-refractivity contribution is 5.76. The van der Waals surface area contributed by atoms with Gasteiger partial charge in [-0.15, -0.1) is 0 Å². The van der Waals surface area contributed by atoms with E-state index in [0.717, 1.165) is 17.4 Å². The molecule has 0 spiro atoms. The summed E-state index contributed by atoms with van der Waals surface area (Å²) in [6, 6.07) is 4.10. The molecule has 1 saturated heterocycles. The Bertz CT molecular complexity index is 500. The second kappa shape index (κ2) is 5.84. The molecule has 2 fully saturated rings. The van der Waals surface area contributed by atoms with Crippen LogP contribution in [0.3, 0.4) is 0 Å². The van der Waals surface area contributed by atoms with Crippen LogP contribution in [0.1, 0.15) is 51.1 Å². The van der Waals surface area contributed by atoms with E-state index in [-0.39, 0.29) is 18.1 Å². The first-order valence-electron chi connectivity index (χ1n) is 8.04. The molecule has 0 bridgehead atoms. The van der Waals surface area contributed by atoms with Crippen LogP contribution in [0.25, 0.3) is 0 Å². The molecule has 21 heavy (non-hydrogen) atoms. The van der Waals surface area contributed by atoms with Crippen molar-refractivity contribution in [3.8, 4) is 0 Å². The number of ether oxygens (including phenoxy) is 1. The number of carbonyl (C=O) groups is 1. The summed E-state index contributed by atoms with van der Waals surface area (Å²) < 4.78 is 11.5. The Balaban J connectivity index is 1.50. The van der Waals surface area contributed by atoms with Gasteiger partial charge in [0.05, 0.1) is 12.2 Å². The number of hydrogen-bond donors (Lipinski definition) is 0. The van der Waals surface area contributed by atoms with Crippen molar-refractivity contribution in [1.82, 2.24) is 4.90 Å². The minimum atomic E-state index is 0.129. The Morgan fingerprint density at radius 3 is 2.52 bits per heavy atom. The van der Waals surface area contributed by atoms with Crippen molar-refractivity contribution < 1.29 is 13.9 Å². The fourth-order valence-electron chi connectivity index (χ4n) is 3.22. The van der Waals surface area contributed by atoms with Crippen LogP contribution in [0.5, 0.6) is 0 Å². The van der Waals surface area contributed by atoms with Gasteiger partial charge in [-0.25, -0.2) is 0 Å². The highest BCUT2D eigenvalue weighted by Gasteiger charge is 2.36. The van der Waals surface area contributed by atoms with Gasteiger partial charge >= 0.3 is 0 Å². The molecular weight excluding hydrogens is 266 g/mol. The molecule has 0 unspecified atom stereocenters. The molecule has 0 aromatic carbocycles. The molecule has 4 heteroatoms. The summed E-state index contributed by atoms with van der Waals surface area (Å²) in [4.78, 5) is 14.2. The lowest BCUT2D eigenvalue weighted by molar-refractivity contribution is -0.143. The average molecular weight is 291 g/mol. The van der Waals surface area contributed by atoms with Crippen LogP contribution in [0.4, 0.5) is 0 Å². The second-order valence-corrected chi connectivity index (χ2v) is 6.68. The number of furan rings is 1. The Morgan fingerprint density at radius 1 is 1.24 bits per heavy atom. The zero-order valence-electron chi connectivity index (χ0n) is 13.2. The third-order valence-corrected chi connectivity index (χ3v) is 4.51. The number of morpholine rings is 1. The van der Waals surface area contributed by atoms with Crippen molar-refractivity contribution >= 4 is 5.91 Å². The molecule has 1 aromatic rings. The van der Waals surface area contributed by atoms with Crippen molar-refractivity contribution in [2.24, 2.45) is 5.92 Å². The molecule has 0 N–H and O–H groups in total. The van der Waals surface area contributed by atoms with Crippen LogP contribution in [-0.4, -0.2) is 36.1 Å². The highest BCUT2D eigenvalue weighted by Crippen LogP contribution is 2.47. The Labute approximate surface area is 126 Å². The zero-order chi connectivity index (χ0) is 15.0. The summed E-state index contributed by atoms with van der Waals surface area (Å²) in [7, 11) is 0. The van der Waals surface area contributed by atoms with Crippen LogP contribution in [0, 0.1) is 5.92 Å². The first-order valence-corrected chi connectivity index (χ1v) is 8.04. The van der Waals surface area contributed by atoms with Crippen LogP contribution >= 0.6 is 0 Å². The van der Waals surface area contributed by atoms with Gasteiger partial charge in [-0.3, -0.25) is 4.79 Å². The van der Waals surface area contributed by atoms with Gasteiger partial charge in [0.2, 0.25) is 5.91 Å². The number of aryl methyl sites for hydroxylation is 1. The number of nitrogens with zero attached hydrogens (tertiary/aromatic N) is 1. The van der Waals surface area contributed by atoms with E-state index in [4.69, 9.17) is 9.15 Å². The van der Waals surface area contributed by atoms with E-state index in [0.29, 0.717) is 31.8 Å². The number of hydrogen-bond acceptors (Lipinski definition) is 3. The van der Waals surface area contributed by atoms with E-state index in [2.05, 4.69) is 13.0 Å². The van der Waals surface area contributed by atoms with Gasteiger partial charge in [-0.2, -0.15) is 0 Å². The topological polar surface area (TPSA) is 42.7 Å². The Kier molecular flexibility index (Phi) is 4.07. The lowest BCUT2D eigenvalue weighted by Crippen LogP contribution is -2.48. The van der Waals surface area contributed by atoms with Gasteiger partial charge in [0.1, 0.15) is 11.5 Å². The third-order valence-electron chi connectivity index (χ3n) is 4.51. The third kappa shape index (κ3) is 3.49. The molecule has 3 rings (SSSR count). The fourth-order valence-corrected chi connectivity index (χ4v) is 3.22.